The van der Waals surface area contributed by atoms with E-state index in [1.165, 1.54) is 17.0 Å². The van der Waals surface area contributed by atoms with E-state index in [0.29, 0.717) is 27.7 Å². The van der Waals surface area contributed by atoms with Gasteiger partial charge in [-0.1, -0.05) is 80.4 Å². The van der Waals surface area contributed by atoms with E-state index >= 15 is 0 Å². The molecule has 0 aliphatic rings. The summed E-state index contributed by atoms with van der Waals surface area (Å²) < 4.78 is 28.9. The van der Waals surface area contributed by atoms with Crippen LogP contribution in [0.1, 0.15) is 58.1 Å². The summed E-state index contributed by atoms with van der Waals surface area (Å²) in [5.74, 6) is -0.678. The van der Waals surface area contributed by atoms with Crippen LogP contribution in [0.3, 0.4) is 0 Å². The monoisotopic (exact) mass is 617 g/mol. The second kappa shape index (κ2) is 14.2. The van der Waals surface area contributed by atoms with Gasteiger partial charge < -0.3 is 10.2 Å². The highest BCUT2D eigenvalue weighted by molar-refractivity contribution is 7.92. The number of hydrogen-bond donors (Lipinski definition) is 1. The van der Waals surface area contributed by atoms with Crippen LogP contribution in [0.25, 0.3) is 0 Å². The van der Waals surface area contributed by atoms with Crippen molar-refractivity contribution in [2.45, 2.75) is 70.5 Å². The average Bonchev–Trinajstić information content (AvgIpc) is 2.93. The molecule has 3 aromatic rings. The summed E-state index contributed by atoms with van der Waals surface area (Å²) in [7, 11) is -4.14. The Kier molecular flexibility index (Phi) is 11.2. The normalized spacial score (nSPS) is 12.3. The minimum Gasteiger partial charge on any atom is -0.352 e. The van der Waals surface area contributed by atoms with Crippen LogP contribution in [0.2, 0.25) is 10.0 Å². The minimum absolute atomic E-state index is 0.0472. The molecule has 0 bridgehead atoms. The predicted molar refractivity (Wildman–Crippen MR) is 166 cm³/mol. The van der Waals surface area contributed by atoms with E-state index in [1.54, 1.807) is 55.5 Å². The number of benzene rings is 3. The molecule has 0 saturated heterocycles. The van der Waals surface area contributed by atoms with Gasteiger partial charge in [0, 0.05) is 28.2 Å². The lowest BCUT2D eigenvalue weighted by Gasteiger charge is -2.34. The highest BCUT2D eigenvalue weighted by Gasteiger charge is 2.34. The molecule has 0 aromatic heterocycles. The largest absolute Gasteiger partial charge is 0.352 e. The van der Waals surface area contributed by atoms with E-state index in [4.69, 9.17) is 23.2 Å². The maximum Gasteiger partial charge on any atom is 0.264 e. The van der Waals surface area contributed by atoms with Crippen molar-refractivity contribution in [1.82, 2.24) is 10.2 Å². The Balaban J connectivity index is 2.10. The number of carbonyl (C=O) groups excluding carboxylic acids is 2. The van der Waals surface area contributed by atoms with Gasteiger partial charge in [0.2, 0.25) is 11.8 Å². The van der Waals surface area contributed by atoms with E-state index in [-0.39, 0.29) is 29.3 Å². The molecule has 7 nitrogen and oxygen atoms in total. The molecule has 0 saturated carbocycles. The molecular formula is C31H37Cl2N3O4S. The smallest absolute Gasteiger partial charge is 0.264 e. The third-order valence-electron chi connectivity index (χ3n) is 6.66. The Hall–Kier alpha value is -3.07. The number of anilines is 1. The van der Waals surface area contributed by atoms with Crippen LogP contribution < -0.4 is 9.62 Å². The van der Waals surface area contributed by atoms with Gasteiger partial charge in [-0.2, -0.15) is 0 Å². The highest BCUT2D eigenvalue weighted by Crippen LogP contribution is 2.29. The molecule has 10 heteroatoms. The van der Waals surface area contributed by atoms with Crippen LogP contribution in [-0.2, 0) is 26.2 Å². The summed E-state index contributed by atoms with van der Waals surface area (Å²) in [6, 6.07) is 19.0. The van der Waals surface area contributed by atoms with E-state index in [0.717, 1.165) is 9.87 Å². The lowest BCUT2D eigenvalue weighted by atomic mass is 10.0. The van der Waals surface area contributed by atoms with Crippen LogP contribution >= 0.6 is 23.2 Å². The lowest BCUT2D eigenvalue weighted by Crippen LogP contribution is -2.53. The van der Waals surface area contributed by atoms with Crippen molar-refractivity contribution in [2.75, 3.05) is 10.8 Å². The van der Waals surface area contributed by atoms with Crippen molar-refractivity contribution in [3.63, 3.8) is 0 Å². The first-order valence-electron chi connectivity index (χ1n) is 13.6. The van der Waals surface area contributed by atoms with Crippen molar-refractivity contribution in [2.24, 2.45) is 0 Å². The molecule has 0 aliphatic carbocycles. The highest BCUT2D eigenvalue weighted by atomic mass is 35.5. The molecule has 41 heavy (non-hydrogen) atoms. The van der Waals surface area contributed by atoms with Crippen molar-refractivity contribution in [3.8, 4) is 0 Å². The molecule has 3 rings (SSSR count). The Morgan fingerprint density at radius 2 is 1.44 bits per heavy atom. The molecule has 0 heterocycles. The molecule has 1 N–H and O–H groups in total. The van der Waals surface area contributed by atoms with Crippen LogP contribution in [0.4, 0.5) is 5.69 Å². The van der Waals surface area contributed by atoms with Gasteiger partial charge in [-0.25, -0.2) is 8.42 Å². The summed E-state index contributed by atoms with van der Waals surface area (Å²) in [5.41, 5.74) is 1.84. The first-order valence-corrected chi connectivity index (χ1v) is 15.8. The topological polar surface area (TPSA) is 86.8 Å². The van der Waals surface area contributed by atoms with Gasteiger partial charge in [0.25, 0.3) is 10.0 Å². The van der Waals surface area contributed by atoms with Gasteiger partial charge in [0.1, 0.15) is 12.6 Å². The lowest BCUT2D eigenvalue weighted by molar-refractivity contribution is -0.140. The first-order chi connectivity index (χ1) is 19.4. The van der Waals surface area contributed by atoms with Gasteiger partial charge in [-0.15, -0.1) is 0 Å². The summed E-state index contributed by atoms with van der Waals surface area (Å²) in [6.07, 6.45) is 0.293. The number of hydrogen-bond acceptors (Lipinski definition) is 4. The summed E-state index contributed by atoms with van der Waals surface area (Å²) in [6.45, 7) is 8.93. The fourth-order valence-electron chi connectivity index (χ4n) is 4.43. The van der Waals surface area contributed by atoms with Gasteiger partial charge >= 0.3 is 0 Å². The molecule has 3 aromatic carbocycles. The van der Waals surface area contributed by atoms with Crippen molar-refractivity contribution >= 4 is 50.7 Å². The third-order valence-corrected chi connectivity index (χ3v) is 9.16. The zero-order chi connectivity index (χ0) is 30.3. The third kappa shape index (κ3) is 8.03. The molecule has 2 amide bonds. The maximum atomic E-state index is 14.2. The Morgan fingerprint density at radius 3 is 1.95 bits per heavy atom. The van der Waals surface area contributed by atoms with Crippen LogP contribution in [-0.4, -0.2) is 43.8 Å². The number of sulfonamides is 1. The fraction of sp³-hybridized carbons (Fsp3) is 0.355. The Labute approximate surface area is 253 Å². The van der Waals surface area contributed by atoms with Gasteiger partial charge in [0.15, 0.2) is 0 Å². The Bertz CT molecular complexity index is 1430. The quantitative estimate of drug-likeness (QED) is 0.247. The zero-order valence-electron chi connectivity index (χ0n) is 24.0. The van der Waals surface area contributed by atoms with Gasteiger partial charge in [0.05, 0.1) is 10.6 Å². The summed E-state index contributed by atoms with van der Waals surface area (Å²) in [4.78, 5) is 28.8. The van der Waals surface area contributed by atoms with Gasteiger partial charge in [-0.05, 0) is 68.1 Å². The van der Waals surface area contributed by atoms with Crippen LogP contribution in [0, 0.1) is 0 Å². The van der Waals surface area contributed by atoms with E-state index in [9.17, 15) is 18.0 Å². The van der Waals surface area contributed by atoms with E-state index in [1.807, 2.05) is 39.8 Å². The number of carbonyl (C=O) groups is 2. The van der Waals surface area contributed by atoms with Crippen LogP contribution in [0.15, 0.2) is 77.7 Å². The zero-order valence-corrected chi connectivity index (χ0v) is 26.3. The molecule has 0 spiro atoms. The first kappa shape index (κ1) is 32.4. The molecule has 220 valence electrons. The molecule has 0 aliphatic heterocycles. The number of halogens is 2. The molecule has 0 radical (unpaired) electrons. The molecular weight excluding hydrogens is 581 g/mol. The molecule has 0 fully saturated rings. The van der Waals surface area contributed by atoms with Crippen molar-refractivity contribution in [1.29, 1.82) is 0 Å². The van der Waals surface area contributed by atoms with Crippen LogP contribution in [0.5, 0.6) is 0 Å². The van der Waals surface area contributed by atoms with E-state index < -0.39 is 28.5 Å². The standard InChI is InChI=1S/C31H37Cl2N3O4S/c1-6-29(31(38)34-22(4)5)35(19-26-27(32)13-10-14-28(26)33)30(37)20-36(24-17-15-23(16-18-24)21(2)3)41(39,40)25-11-8-7-9-12-25/h7-18,21-22,29H,6,19-20H2,1-5H3,(H,34,38)/t29-/m1/s1. The molecule has 0 unspecified atom stereocenters. The Morgan fingerprint density at radius 1 is 0.854 bits per heavy atom. The number of nitrogens with zero attached hydrogens (tertiary/aromatic N) is 2. The fourth-order valence-corrected chi connectivity index (χ4v) is 6.38. The van der Waals surface area contributed by atoms with Crippen molar-refractivity contribution in [3.05, 3.63) is 94.0 Å². The molecule has 1 atom stereocenters. The average molecular weight is 619 g/mol. The minimum atomic E-state index is -4.14. The summed E-state index contributed by atoms with van der Waals surface area (Å²) >= 11 is 12.9. The van der Waals surface area contributed by atoms with E-state index in [2.05, 4.69) is 5.32 Å². The second-order valence-corrected chi connectivity index (χ2v) is 13.1. The number of amides is 2. The summed E-state index contributed by atoms with van der Waals surface area (Å²) in [5, 5.41) is 3.55. The SMILES string of the molecule is CC[C@H](C(=O)NC(C)C)N(Cc1c(Cl)cccc1Cl)C(=O)CN(c1ccc(C(C)C)cc1)S(=O)(=O)c1ccccc1. The van der Waals surface area contributed by atoms with Gasteiger partial charge in [-0.3, -0.25) is 13.9 Å². The predicted octanol–water partition coefficient (Wildman–Crippen LogP) is 6.64. The maximum absolute atomic E-state index is 14.2. The second-order valence-electron chi connectivity index (χ2n) is 10.4. The van der Waals surface area contributed by atoms with Crippen molar-refractivity contribution < 1.29 is 18.0 Å². The number of nitrogens with one attached hydrogen (secondary N) is 1. The number of rotatable bonds is 12.